The molecule has 0 rings (SSSR count). The second-order valence-electron chi connectivity index (χ2n) is 3.52. The molecule has 0 aliphatic heterocycles. The Morgan fingerprint density at radius 3 is 2.09 bits per heavy atom. The average Bonchev–Trinajstić information content (AvgIpc) is 2.03. The quantitative estimate of drug-likeness (QED) is 0.600. The number of hydrogen-bond donors (Lipinski definition) is 1. The van der Waals surface area contributed by atoms with Gasteiger partial charge in [0, 0.05) is 4.75 Å². The zero-order valence-electron chi connectivity index (χ0n) is 8.35. The lowest BCUT2D eigenvalue weighted by Gasteiger charge is -2.33. The Morgan fingerprint density at radius 2 is 1.82 bits per heavy atom. The zero-order chi connectivity index (χ0) is 8.91. The third kappa shape index (κ3) is 3.06. The predicted molar refractivity (Wildman–Crippen MR) is 56.4 cm³/mol. The Kier molecular flexibility index (Phi) is 5.24. The molecule has 0 aromatic rings. The van der Waals surface area contributed by atoms with Gasteiger partial charge in [0.2, 0.25) is 0 Å². The average molecular weight is 174 g/mol. The molecule has 0 spiro atoms. The first-order valence-electron chi connectivity index (χ1n) is 4.83. The van der Waals surface area contributed by atoms with E-state index in [1.165, 1.54) is 25.7 Å². The largest absolute Gasteiger partial charge is 0.172 e. The van der Waals surface area contributed by atoms with E-state index in [-0.39, 0.29) is 0 Å². The van der Waals surface area contributed by atoms with Gasteiger partial charge in [-0.15, -0.1) is 0 Å². The maximum absolute atomic E-state index is 4.77. The van der Waals surface area contributed by atoms with Crippen molar-refractivity contribution in [1.82, 2.24) is 0 Å². The van der Waals surface area contributed by atoms with Gasteiger partial charge >= 0.3 is 0 Å². The molecule has 0 aromatic carbocycles. The molecule has 0 aromatic heterocycles. The predicted octanol–water partition coefficient (Wildman–Crippen LogP) is 3.91. The molecule has 0 N–H and O–H groups in total. The Hall–Kier alpha value is 0.350. The van der Waals surface area contributed by atoms with E-state index < -0.39 is 0 Å². The summed E-state index contributed by atoms with van der Waals surface area (Å²) in [6, 6.07) is 0. The third-order valence-corrected chi connectivity index (χ3v) is 3.81. The highest BCUT2D eigenvalue weighted by Gasteiger charge is 2.27. The summed E-state index contributed by atoms with van der Waals surface area (Å²) in [6.07, 6.45) is 4.94. The number of hydrogen-bond acceptors (Lipinski definition) is 1. The van der Waals surface area contributed by atoms with E-state index in [0.717, 1.165) is 5.92 Å². The van der Waals surface area contributed by atoms with Crippen molar-refractivity contribution < 1.29 is 0 Å². The molecule has 0 saturated carbocycles. The van der Waals surface area contributed by atoms with Crippen molar-refractivity contribution in [2.24, 2.45) is 5.92 Å². The molecule has 0 nitrogen and oxygen atoms in total. The van der Waals surface area contributed by atoms with E-state index in [1.807, 2.05) is 0 Å². The summed E-state index contributed by atoms with van der Waals surface area (Å²) >= 11 is 4.77. The van der Waals surface area contributed by atoms with Crippen LogP contribution in [0.5, 0.6) is 0 Å². The first-order valence-corrected chi connectivity index (χ1v) is 5.27. The van der Waals surface area contributed by atoms with Gasteiger partial charge in [-0.3, -0.25) is 0 Å². The fraction of sp³-hybridized carbons (Fsp3) is 1.00. The van der Waals surface area contributed by atoms with Crippen molar-refractivity contribution in [3.05, 3.63) is 0 Å². The van der Waals surface area contributed by atoms with E-state index in [9.17, 15) is 0 Å². The molecule has 0 radical (unpaired) electrons. The maximum atomic E-state index is 4.77. The Balaban J connectivity index is 4.07. The van der Waals surface area contributed by atoms with Gasteiger partial charge < -0.3 is 0 Å². The summed E-state index contributed by atoms with van der Waals surface area (Å²) in [5.41, 5.74) is 0. The van der Waals surface area contributed by atoms with Crippen LogP contribution in [0.2, 0.25) is 0 Å². The molecule has 68 valence electrons. The van der Waals surface area contributed by atoms with E-state index >= 15 is 0 Å². The Labute approximate surface area is 77.2 Å². The molecule has 0 heterocycles. The van der Waals surface area contributed by atoms with Crippen molar-refractivity contribution in [3.8, 4) is 0 Å². The first-order chi connectivity index (χ1) is 5.10. The molecule has 0 saturated heterocycles. The SMILES string of the molecule is CCCC(S)(CC)C(C)CC. The third-order valence-electron chi connectivity index (χ3n) is 2.82. The topological polar surface area (TPSA) is 0 Å². The zero-order valence-corrected chi connectivity index (χ0v) is 9.25. The van der Waals surface area contributed by atoms with Crippen LogP contribution in [-0.2, 0) is 0 Å². The van der Waals surface area contributed by atoms with E-state index in [1.54, 1.807) is 0 Å². The lowest BCUT2D eigenvalue weighted by atomic mass is 9.85. The lowest BCUT2D eigenvalue weighted by Crippen LogP contribution is -2.28. The molecular weight excluding hydrogens is 152 g/mol. The molecule has 0 fully saturated rings. The molecule has 2 atom stereocenters. The van der Waals surface area contributed by atoms with E-state index in [0.29, 0.717) is 4.75 Å². The molecule has 0 amide bonds. The van der Waals surface area contributed by atoms with Gasteiger partial charge in [-0.05, 0) is 18.8 Å². The van der Waals surface area contributed by atoms with E-state index in [4.69, 9.17) is 12.6 Å². The molecule has 2 unspecified atom stereocenters. The molecular formula is C10H22S. The number of thiol groups is 1. The summed E-state index contributed by atoms with van der Waals surface area (Å²) in [7, 11) is 0. The second kappa shape index (κ2) is 5.08. The van der Waals surface area contributed by atoms with Crippen molar-refractivity contribution in [3.63, 3.8) is 0 Å². The molecule has 0 aliphatic rings. The standard InChI is InChI=1S/C10H22S/c1-5-8-10(11,7-3)9(4)6-2/h9,11H,5-8H2,1-4H3. The van der Waals surface area contributed by atoms with Crippen LogP contribution in [0, 0.1) is 5.92 Å². The molecule has 0 bridgehead atoms. The minimum atomic E-state index is 0.295. The highest BCUT2D eigenvalue weighted by Crippen LogP contribution is 2.35. The van der Waals surface area contributed by atoms with Gasteiger partial charge in [0.05, 0.1) is 0 Å². The molecule has 11 heavy (non-hydrogen) atoms. The summed E-state index contributed by atoms with van der Waals surface area (Å²) in [6.45, 7) is 9.05. The van der Waals surface area contributed by atoms with Crippen LogP contribution in [0.1, 0.15) is 53.4 Å². The van der Waals surface area contributed by atoms with Gasteiger partial charge in [-0.2, -0.15) is 12.6 Å². The summed E-state index contributed by atoms with van der Waals surface area (Å²) in [4.78, 5) is 0. The van der Waals surface area contributed by atoms with Crippen molar-refractivity contribution in [2.45, 2.75) is 58.1 Å². The monoisotopic (exact) mass is 174 g/mol. The first kappa shape index (κ1) is 11.4. The number of rotatable bonds is 5. The molecule has 0 aliphatic carbocycles. The van der Waals surface area contributed by atoms with Crippen LogP contribution in [0.4, 0.5) is 0 Å². The van der Waals surface area contributed by atoms with Gasteiger partial charge in [-0.25, -0.2) is 0 Å². The van der Waals surface area contributed by atoms with Crippen LogP contribution in [0.25, 0.3) is 0 Å². The Morgan fingerprint density at radius 1 is 1.27 bits per heavy atom. The van der Waals surface area contributed by atoms with Gasteiger partial charge in [0.25, 0.3) is 0 Å². The summed E-state index contributed by atoms with van der Waals surface area (Å²) in [5, 5.41) is 0. The fourth-order valence-electron chi connectivity index (χ4n) is 1.58. The van der Waals surface area contributed by atoms with Gasteiger partial charge in [0.1, 0.15) is 0 Å². The molecule has 1 heteroatoms. The maximum Gasteiger partial charge on any atom is 0.0152 e. The highest BCUT2D eigenvalue weighted by molar-refractivity contribution is 7.81. The Bertz CT molecular complexity index is 101. The minimum Gasteiger partial charge on any atom is -0.172 e. The van der Waals surface area contributed by atoms with Crippen LogP contribution < -0.4 is 0 Å². The van der Waals surface area contributed by atoms with Crippen LogP contribution in [0.3, 0.4) is 0 Å². The van der Waals surface area contributed by atoms with Gasteiger partial charge in [0.15, 0.2) is 0 Å². The van der Waals surface area contributed by atoms with Crippen LogP contribution in [0.15, 0.2) is 0 Å². The lowest BCUT2D eigenvalue weighted by molar-refractivity contribution is 0.361. The van der Waals surface area contributed by atoms with Crippen molar-refractivity contribution >= 4 is 12.6 Å². The normalized spacial score (nSPS) is 19.4. The summed E-state index contributed by atoms with van der Waals surface area (Å²) in [5.74, 6) is 0.746. The van der Waals surface area contributed by atoms with E-state index in [2.05, 4.69) is 27.7 Å². The van der Waals surface area contributed by atoms with Gasteiger partial charge in [-0.1, -0.05) is 40.5 Å². The van der Waals surface area contributed by atoms with Crippen molar-refractivity contribution in [1.29, 1.82) is 0 Å². The van der Waals surface area contributed by atoms with Crippen molar-refractivity contribution in [2.75, 3.05) is 0 Å². The minimum absolute atomic E-state index is 0.295. The highest BCUT2D eigenvalue weighted by atomic mass is 32.1. The summed E-state index contributed by atoms with van der Waals surface area (Å²) < 4.78 is 0.295. The smallest absolute Gasteiger partial charge is 0.0152 e. The van der Waals surface area contributed by atoms with Crippen LogP contribution in [-0.4, -0.2) is 4.75 Å². The van der Waals surface area contributed by atoms with Crippen LogP contribution >= 0.6 is 12.6 Å². The fourth-order valence-corrected chi connectivity index (χ4v) is 1.99. The second-order valence-corrected chi connectivity index (χ2v) is 4.41.